The number of nitrogens with one attached hydrogen (secondary N) is 2. The van der Waals surface area contributed by atoms with E-state index in [0.29, 0.717) is 24.6 Å². The molecule has 2 amide bonds. The van der Waals surface area contributed by atoms with Gasteiger partial charge in [-0.3, -0.25) is 9.59 Å². The van der Waals surface area contributed by atoms with Gasteiger partial charge in [0, 0.05) is 18.2 Å². The Kier molecular flexibility index (Phi) is 9.63. The molecule has 2 aromatic rings. The van der Waals surface area contributed by atoms with Crippen molar-refractivity contribution in [2.75, 3.05) is 13.2 Å². The first-order valence-electron chi connectivity index (χ1n) is 9.99. The summed E-state index contributed by atoms with van der Waals surface area (Å²) in [5, 5.41) is 6.32. The van der Waals surface area contributed by atoms with Crippen LogP contribution in [0.1, 0.15) is 49.2 Å². The van der Waals surface area contributed by atoms with Crippen LogP contribution >= 0.6 is 23.2 Å². The summed E-state index contributed by atoms with van der Waals surface area (Å²) in [4.78, 5) is 25.1. The van der Waals surface area contributed by atoms with Crippen molar-refractivity contribution in [2.45, 2.75) is 39.3 Å². The second kappa shape index (κ2) is 11.9. The lowest BCUT2D eigenvalue weighted by Gasteiger charge is -2.22. The summed E-state index contributed by atoms with van der Waals surface area (Å²) in [6.45, 7) is 6.73. The highest BCUT2D eigenvalue weighted by atomic mass is 35.5. The summed E-state index contributed by atoms with van der Waals surface area (Å²) in [6.07, 6.45) is 0.666. The van der Waals surface area contributed by atoms with Gasteiger partial charge in [-0.2, -0.15) is 0 Å². The Morgan fingerprint density at radius 1 is 1.03 bits per heavy atom. The molecule has 0 aromatic heterocycles. The molecule has 0 fully saturated rings. The lowest BCUT2D eigenvalue weighted by molar-refractivity contribution is -0.124. The highest BCUT2D eigenvalue weighted by Gasteiger charge is 2.25. The minimum absolute atomic E-state index is 0.00581. The molecule has 2 N–H and O–H groups in total. The number of hydrogen-bond acceptors (Lipinski definition) is 3. The van der Waals surface area contributed by atoms with Crippen LogP contribution < -0.4 is 10.6 Å². The largest absolute Gasteiger partial charge is 0.374 e. The van der Waals surface area contributed by atoms with E-state index in [1.165, 1.54) is 6.07 Å². The monoisotopic (exact) mass is 450 g/mol. The molecule has 2 atom stereocenters. The number of carbonyl (C=O) groups is 2. The number of carbonyl (C=O) groups excluding carboxylic acids is 2. The van der Waals surface area contributed by atoms with Gasteiger partial charge in [0.15, 0.2) is 0 Å². The average Bonchev–Trinajstić information content (AvgIpc) is 2.71. The van der Waals surface area contributed by atoms with E-state index in [2.05, 4.69) is 10.6 Å². The lowest BCUT2D eigenvalue weighted by atomic mass is 10.0. The normalized spacial score (nSPS) is 13.0. The minimum Gasteiger partial charge on any atom is -0.374 e. The van der Waals surface area contributed by atoms with Crippen LogP contribution in [0.3, 0.4) is 0 Å². The van der Waals surface area contributed by atoms with Crippen LogP contribution in [-0.2, 0) is 9.53 Å². The maximum Gasteiger partial charge on any atom is 0.253 e. The molecule has 0 spiro atoms. The molecule has 2 rings (SSSR count). The summed E-state index contributed by atoms with van der Waals surface area (Å²) in [7, 11) is 0. The van der Waals surface area contributed by atoms with E-state index in [1.807, 2.05) is 51.1 Å². The summed E-state index contributed by atoms with van der Waals surface area (Å²) in [6, 6.07) is 13.9. The number of hydrogen-bond donors (Lipinski definition) is 2. The first kappa shape index (κ1) is 24.2. The quantitative estimate of drug-likeness (QED) is 0.498. The van der Waals surface area contributed by atoms with Gasteiger partial charge in [-0.15, -0.1) is 0 Å². The van der Waals surface area contributed by atoms with Crippen molar-refractivity contribution in [1.29, 1.82) is 0 Å². The molecule has 0 heterocycles. The highest BCUT2D eigenvalue weighted by molar-refractivity contribution is 6.36. The highest BCUT2D eigenvalue weighted by Crippen LogP contribution is 2.21. The molecule has 0 radical (unpaired) electrons. The van der Waals surface area contributed by atoms with Gasteiger partial charge in [-0.05, 0) is 43.0 Å². The third-order valence-corrected chi connectivity index (χ3v) is 5.22. The summed E-state index contributed by atoms with van der Waals surface area (Å²) >= 11 is 12.0. The Bertz CT molecular complexity index is 844. The predicted octanol–water partition coefficient (Wildman–Crippen LogP) is 5.03. The van der Waals surface area contributed by atoms with E-state index in [4.69, 9.17) is 27.9 Å². The van der Waals surface area contributed by atoms with Crippen LogP contribution in [0.15, 0.2) is 48.5 Å². The third kappa shape index (κ3) is 7.31. The number of ether oxygens (including phenoxy) is 1. The van der Waals surface area contributed by atoms with Crippen molar-refractivity contribution in [3.63, 3.8) is 0 Å². The fourth-order valence-electron chi connectivity index (χ4n) is 2.90. The fraction of sp³-hybridized carbons (Fsp3) is 0.391. The van der Waals surface area contributed by atoms with E-state index < -0.39 is 11.9 Å². The van der Waals surface area contributed by atoms with Crippen LogP contribution in [0.4, 0.5) is 0 Å². The Hall–Kier alpha value is -2.08. The Morgan fingerprint density at radius 3 is 2.37 bits per heavy atom. The molecule has 0 saturated carbocycles. The predicted molar refractivity (Wildman–Crippen MR) is 121 cm³/mol. The first-order valence-corrected chi connectivity index (χ1v) is 10.8. The first-order chi connectivity index (χ1) is 14.3. The summed E-state index contributed by atoms with van der Waals surface area (Å²) in [5.41, 5.74) is 1.40. The second-order valence-corrected chi connectivity index (χ2v) is 8.23. The average molecular weight is 451 g/mol. The molecule has 2 aromatic carbocycles. The smallest absolute Gasteiger partial charge is 0.253 e. The lowest BCUT2D eigenvalue weighted by Crippen LogP contribution is -2.50. The molecule has 2 unspecified atom stereocenters. The third-order valence-electron chi connectivity index (χ3n) is 4.67. The topological polar surface area (TPSA) is 67.4 Å². The molecule has 0 saturated heterocycles. The van der Waals surface area contributed by atoms with Crippen molar-refractivity contribution >= 4 is 35.0 Å². The summed E-state index contributed by atoms with van der Waals surface area (Å²) < 4.78 is 5.82. The van der Waals surface area contributed by atoms with Crippen molar-refractivity contribution < 1.29 is 14.3 Å². The van der Waals surface area contributed by atoms with Crippen LogP contribution in [-0.4, -0.2) is 31.0 Å². The zero-order valence-corrected chi connectivity index (χ0v) is 19.0. The zero-order valence-electron chi connectivity index (χ0n) is 17.5. The Labute approximate surface area is 188 Å². The van der Waals surface area contributed by atoms with Gasteiger partial charge in [0.25, 0.3) is 5.91 Å². The minimum atomic E-state index is -0.673. The van der Waals surface area contributed by atoms with Gasteiger partial charge in [0.05, 0.1) is 16.7 Å². The van der Waals surface area contributed by atoms with Crippen molar-refractivity contribution in [1.82, 2.24) is 10.6 Å². The molecule has 0 aliphatic carbocycles. The molecule has 0 aliphatic heterocycles. The molecule has 5 nitrogen and oxygen atoms in total. The van der Waals surface area contributed by atoms with E-state index >= 15 is 0 Å². The molecular formula is C23H28Cl2N2O3. The van der Waals surface area contributed by atoms with Gasteiger partial charge < -0.3 is 15.4 Å². The van der Waals surface area contributed by atoms with E-state index in [9.17, 15) is 9.59 Å². The SMILES string of the molecule is CC(OCCCNC(=O)C(NC(=O)c1ccc(Cl)cc1Cl)C(C)C)c1ccccc1. The molecule has 30 heavy (non-hydrogen) atoms. The van der Waals surface area contributed by atoms with Crippen molar-refractivity contribution in [3.8, 4) is 0 Å². The Morgan fingerprint density at radius 2 is 1.73 bits per heavy atom. The van der Waals surface area contributed by atoms with E-state index in [0.717, 1.165) is 5.56 Å². The van der Waals surface area contributed by atoms with Gasteiger partial charge >= 0.3 is 0 Å². The van der Waals surface area contributed by atoms with Crippen molar-refractivity contribution in [2.24, 2.45) is 5.92 Å². The van der Waals surface area contributed by atoms with Crippen molar-refractivity contribution in [3.05, 3.63) is 69.7 Å². The second-order valence-electron chi connectivity index (χ2n) is 7.39. The van der Waals surface area contributed by atoms with Gasteiger partial charge in [0.1, 0.15) is 6.04 Å². The maximum atomic E-state index is 12.6. The number of halogens is 2. The van der Waals surface area contributed by atoms with E-state index in [-0.39, 0.29) is 28.5 Å². The van der Waals surface area contributed by atoms with Crippen LogP contribution in [0.5, 0.6) is 0 Å². The standard InChI is InChI=1S/C23H28Cl2N2O3/c1-15(2)21(27-22(28)19-11-10-18(24)14-20(19)25)23(29)26-12-7-13-30-16(3)17-8-5-4-6-9-17/h4-6,8-11,14-16,21H,7,12-13H2,1-3H3,(H,26,29)(H,27,28). The summed E-state index contributed by atoms with van der Waals surface area (Å²) in [5.74, 6) is -0.737. The number of benzene rings is 2. The molecular weight excluding hydrogens is 423 g/mol. The molecule has 0 bridgehead atoms. The van der Waals surface area contributed by atoms with Crippen LogP contribution in [0, 0.1) is 5.92 Å². The number of amides is 2. The zero-order chi connectivity index (χ0) is 22.1. The van der Waals surface area contributed by atoms with Gasteiger partial charge in [-0.1, -0.05) is 67.4 Å². The number of rotatable bonds is 10. The molecule has 0 aliphatic rings. The molecule has 7 heteroatoms. The van der Waals surface area contributed by atoms with Gasteiger partial charge in [-0.25, -0.2) is 0 Å². The fourth-order valence-corrected chi connectivity index (χ4v) is 3.40. The van der Waals surface area contributed by atoms with E-state index in [1.54, 1.807) is 12.1 Å². The van der Waals surface area contributed by atoms with Crippen LogP contribution in [0.2, 0.25) is 10.0 Å². The maximum absolute atomic E-state index is 12.6. The van der Waals surface area contributed by atoms with Gasteiger partial charge in [0.2, 0.25) is 5.91 Å². The Balaban J connectivity index is 1.80. The molecule has 162 valence electrons. The van der Waals surface area contributed by atoms with Crippen LogP contribution in [0.25, 0.3) is 0 Å².